The highest BCUT2D eigenvalue weighted by Gasteiger charge is 2.23. The van der Waals surface area contributed by atoms with Gasteiger partial charge in [0, 0.05) is 25.2 Å². The van der Waals surface area contributed by atoms with E-state index in [0.717, 1.165) is 0 Å². The fourth-order valence-electron chi connectivity index (χ4n) is 1.76. The van der Waals surface area contributed by atoms with E-state index in [1.807, 2.05) is 0 Å². The highest BCUT2D eigenvalue weighted by Crippen LogP contribution is 2.09. The van der Waals surface area contributed by atoms with Crippen LogP contribution in [0.5, 0.6) is 0 Å². The zero-order valence-electron chi connectivity index (χ0n) is 11.8. The van der Waals surface area contributed by atoms with E-state index >= 15 is 0 Å². The first-order valence-corrected chi connectivity index (χ1v) is 6.21. The fraction of sp³-hybridized carbons (Fsp3) is 0.385. The lowest BCUT2D eigenvalue weighted by Gasteiger charge is -2.13. The molecule has 8 nitrogen and oxygen atoms in total. The Kier molecular flexibility index (Phi) is 5.23. The lowest BCUT2D eigenvalue weighted by atomic mass is 10.1. The number of rotatable bonds is 7. The molecule has 0 spiro atoms. The minimum atomic E-state index is -1.26. The van der Waals surface area contributed by atoms with Gasteiger partial charge in [-0.15, -0.1) is 0 Å². The number of hydrogen-bond donors (Lipinski definition) is 3. The Balaban J connectivity index is 2.84. The van der Waals surface area contributed by atoms with Crippen LogP contribution in [-0.2, 0) is 16.6 Å². The van der Waals surface area contributed by atoms with E-state index in [9.17, 15) is 19.2 Å². The first-order chi connectivity index (χ1) is 9.72. The lowest BCUT2D eigenvalue weighted by molar-refractivity contribution is -0.139. The Morgan fingerprint density at radius 3 is 2.43 bits per heavy atom. The summed E-state index contributed by atoms with van der Waals surface area (Å²) in [6.07, 6.45) is 1.24. The van der Waals surface area contributed by atoms with Crippen LogP contribution < -0.4 is 11.1 Å². The number of carboxylic acids is 1. The number of amides is 2. The summed E-state index contributed by atoms with van der Waals surface area (Å²) in [7, 11) is 1.57. The number of carbonyl (C=O) groups excluding carboxylic acids is 3. The number of nitrogens with one attached hydrogen (secondary N) is 1. The van der Waals surface area contributed by atoms with Crippen molar-refractivity contribution >= 4 is 23.6 Å². The van der Waals surface area contributed by atoms with Crippen LogP contribution in [0.3, 0.4) is 0 Å². The van der Waals surface area contributed by atoms with E-state index in [2.05, 4.69) is 5.32 Å². The number of aliphatic carboxylic acids is 1. The number of Topliss-reactive ketones (excluding diaryl/α,β-unsaturated/α-hetero) is 1. The summed E-state index contributed by atoms with van der Waals surface area (Å²) in [6.45, 7) is 1.37. The smallest absolute Gasteiger partial charge is 0.326 e. The number of nitrogens with zero attached hydrogens (tertiary/aromatic N) is 1. The average Bonchev–Trinajstić information content (AvgIpc) is 2.76. The Hall–Kier alpha value is -2.64. The van der Waals surface area contributed by atoms with Crippen molar-refractivity contribution in [2.75, 3.05) is 0 Å². The molecule has 2 amide bonds. The molecule has 0 radical (unpaired) electrons. The molecule has 0 saturated heterocycles. The number of primary amides is 1. The SMILES string of the molecule is CC(=O)c1cc(C(=O)N[C@@H](CCC(N)=O)C(=O)O)n(C)c1. The topological polar surface area (TPSA) is 131 Å². The third-order valence-corrected chi connectivity index (χ3v) is 2.93. The molecule has 0 aliphatic carbocycles. The molecule has 8 heteroatoms. The normalized spacial score (nSPS) is 11.7. The molecule has 4 N–H and O–H groups in total. The van der Waals surface area contributed by atoms with Gasteiger partial charge < -0.3 is 20.7 Å². The minimum Gasteiger partial charge on any atom is -0.480 e. The van der Waals surface area contributed by atoms with E-state index in [4.69, 9.17) is 10.8 Å². The van der Waals surface area contributed by atoms with Gasteiger partial charge in [0.15, 0.2) is 5.78 Å². The summed E-state index contributed by atoms with van der Waals surface area (Å²) < 4.78 is 1.43. The Morgan fingerprint density at radius 2 is 2.00 bits per heavy atom. The largest absolute Gasteiger partial charge is 0.480 e. The second kappa shape index (κ2) is 6.69. The van der Waals surface area contributed by atoms with E-state index in [1.165, 1.54) is 23.8 Å². The van der Waals surface area contributed by atoms with Gasteiger partial charge in [0.2, 0.25) is 5.91 Å². The summed E-state index contributed by atoms with van der Waals surface area (Å²) >= 11 is 0. The van der Waals surface area contributed by atoms with Crippen molar-refractivity contribution in [2.24, 2.45) is 12.8 Å². The molecule has 114 valence electrons. The Labute approximate surface area is 120 Å². The summed E-state index contributed by atoms with van der Waals surface area (Å²) in [5.41, 5.74) is 5.47. The molecule has 0 saturated carbocycles. The van der Waals surface area contributed by atoms with E-state index in [0.29, 0.717) is 5.56 Å². The van der Waals surface area contributed by atoms with Gasteiger partial charge >= 0.3 is 5.97 Å². The van der Waals surface area contributed by atoms with E-state index < -0.39 is 23.8 Å². The highest BCUT2D eigenvalue weighted by atomic mass is 16.4. The van der Waals surface area contributed by atoms with Crippen molar-refractivity contribution in [3.05, 3.63) is 23.5 Å². The monoisotopic (exact) mass is 295 g/mol. The molecule has 1 rings (SSSR count). The van der Waals surface area contributed by atoms with Crippen LogP contribution in [0.15, 0.2) is 12.3 Å². The number of ketones is 1. The van der Waals surface area contributed by atoms with E-state index in [-0.39, 0.29) is 24.3 Å². The van der Waals surface area contributed by atoms with Gasteiger partial charge in [0.1, 0.15) is 11.7 Å². The van der Waals surface area contributed by atoms with E-state index in [1.54, 1.807) is 7.05 Å². The van der Waals surface area contributed by atoms with Gasteiger partial charge in [-0.1, -0.05) is 0 Å². The Morgan fingerprint density at radius 1 is 1.38 bits per heavy atom. The maximum Gasteiger partial charge on any atom is 0.326 e. The maximum atomic E-state index is 12.0. The van der Waals surface area contributed by atoms with Gasteiger partial charge in [-0.3, -0.25) is 14.4 Å². The van der Waals surface area contributed by atoms with Gasteiger partial charge in [0.25, 0.3) is 5.91 Å². The van der Waals surface area contributed by atoms with Gasteiger partial charge in [-0.25, -0.2) is 4.79 Å². The van der Waals surface area contributed by atoms with Crippen molar-refractivity contribution in [1.82, 2.24) is 9.88 Å². The van der Waals surface area contributed by atoms with Crippen LogP contribution in [-0.4, -0.2) is 39.3 Å². The van der Waals surface area contributed by atoms with Crippen molar-refractivity contribution in [2.45, 2.75) is 25.8 Å². The second-order valence-electron chi connectivity index (χ2n) is 4.65. The number of hydrogen-bond acceptors (Lipinski definition) is 4. The molecule has 0 fully saturated rings. The standard InChI is InChI=1S/C13H17N3O5/c1-7(17)8-5-10(16(2)6-8)12(19)15-9(13(20)21)3-4-11(14)18/h5-6,9H,3-4H2,1-2H3,(H2,14,18)(H,15,19)(H,20,21)/t9-/m0/s1. The van der Waals surface area contributed by atoms with Crippen LogP contribution >= 0.6 is 0 Å². The van der Waals surface area contributed by atoms with Gasteiger partial charge in [-0.2, -0.15) is 0 Å². The predicted molar refractivity (Wildman–Crippen MR) is 72.7 cm³/mol. The zero-order chi connectivity index (χ0) is 16.2. The first kappa shape index (κ1) is 16.4. The molecule has 0 bridgehead atoms. The maximum absolute atomic E-state index is 12.0. The summed E-state index contributed by atoms with van der Waals surface area (Å²) in [5.74, 6) is -2.74. The van der Waals surface area contributed by atoms with Crippen LogP contribution in [0.4, 0.5) is 0 Å². The van der Waals surface area contributed by atoms with Crippen LogP contribution in [0.25, 0.3) is 0 Å². The number of nitrogens with two attached hydrogens (primary N) is 1. The highest BCUT2D eigenvalue weighted by molar-refractivity contribution is 6.00. The molecule has 0 unspecified atom stereocenters. The number of aryl methyl sites for hydroxylation is 1. The predicted octanol–water partition coefficient (Wildman–Crippen LogP) is -0.324. The average molecular weight is 295 g/mol. The van der Waals surface area contributed by atoms with Gasteiger partial charge in [-0.05, 0) is 19.4 Å². The third kappa shape index (κ3) is 4.44. The lowest BCUT2D eigenvalue weighted by Crippen LogP contribution is -2.41. The molecule has 1 atom stereocenters. The molecule has 21 heavy (non-hydrogen) atoms. The molecule has 1 aromatic rings. The van der Waals surface area contributed by atoms with Crippen LogP contribution in [0, 0.1) is 0 Å². The molecule has 0 aromatic carbocycles. The third-order valence-electron chi connectivity index (χ3n) is 2.93. The zero-order valence-corrected chi connectivity index (χ0v) is 11.8. The fourth-order valence-corrected chi connectivity index (χ4v) is 1.76. The number of carboxylic acid groups (broad SMARTS) is 1. The molecule has 0 aliphatic heterocycles. The summed E-state index contributed by atoms with van der Waals surface area (Å²) in [4.78, 5) is 45.0. The van der Waals surface area contributed by atoms with Crippen LogP contribution in [0.1, 0.15) is 40.6 Å². The van der Waals surface area contributed by atoms with Crippen molar-refractivity contribution < 1.29 is 24.3 Å². The quantitative estimate of drug-likeness (QED) is 0.593. The molecular formula is C13H17N3O5. The summed E-state index contributed by atoms with van der Waals surface area (Å²) in [5, 5.41) is 11.3. The van der Waals surface area contributed by atoms with Crippen molar-refractivity contribution in [3.8, 4) is 0 Å². The summed E-state index contributed by atoms with van der Waals surface area (Å²) in [6, 6.07) is 0.158. The molecule has 1 aromatic heterocycles. The molecule has 0 aliphatic rings. The first-order valence-electron chi connectivity index (χ1n) is 6.21. The van der Waals surface area contributed by atoms with Crippen molar-refractivity contribution in [1.29, 1.82) is 0 Å². The number of aromatic nitrogens is 1. The number of carbonyl (C=O) groups is 4. The van der Waals surface area contributed by atoms with Gasteiger partial charge in [0.05, 0.1) is 0 Å². The molecular weight excluding hydrogens is 278 g/mol. The second-order valence-corrected chi connectivity index (χ2v) is 4.65. The Bertz CT molecular complexity index is 591. The van der Waals surface area contributed by atoms with Crippen LogP contribution in [0.2, 0.25) is 0 Å². The molecule has 1 heterocycles. The minimum absolute atomic E-state index is 0.0968. The van der Waals surface area contributed by atoms with Crippen molar-refractivity contribution in [3.63, 3.8) is 0 Å².